The van der Waals surface area contributed by atoms with Crippen LogP contribution in [-0.2, 0) is 9.59 Å². The average molecular weight is 304 g/mol. The van der Waals surface area contributed by atoms with Crippen molar-refractivity contribution in [3.8, 4) is 5.75 Å². The van der Waals surface area contributed by atoms with Crippen molar-refractivity contribution in [2.24, 2.45) is 0 Å². The number of nitrogens with zero attached hydrogens (tertiary/aromatic N) is 1. The number of anilines is 1. The van der Waals surface area contributed by atoms with Crippen LogP contribution in [0.5, 0.6) is 5.75 Å². The second kappa shape index (κ2) is 7.82. The monoisotopic (exact) mass is 304 g/mol. The van der Waals surface area contributed by atoms with Gasteiger partial charge in [0.25, 0.3) is 5.91 Å². The second-order valence-electron chi connectivity index (χ2n) is 5.52. The van der Waals surface area contributed by atoms with Crippen LogP contribution in [0.4, 0.5) is 5.69 Å². The molecule has 0 atom stereocenters. The van der Waals surface area contributed by atoms with E-state index < -0.39 is 0 Å². The fourth-order valence-electron chi connectivity index (χ4n) is 2.57. The fourth-order valence-corrected chi connectivity index (χ4v) is 2.57. The van der Waals surface area contributed by atoms with Gasteiger partial charge in [-0.2, -0.15) is 0 Å². The molecule has 0 saturated carbocycles. The SMILES string of the molecule is CCC(CC)NC(=O)COc1cccc(N2CCCC2=O)c1. The molecule has 22 heavy (non-hydrogen) atoms. The summed E-state index contributed by atoms with van der Waals surface area (Å²) in [4.78, 5) is 25.4. The highest BCUT2D eigenvalue weighted by Gasteiger charge is 2.21. The van der Waals surface area contributed by atoms with Crippen LogP contribution in [-0.4, -0.2) is 31.0 Å². The topological polar surface area (TPSA) is 58.6 Å². The van der Waals surface area contributed by atoms with Crippen molar-refractivity contribution < 1.29 is 14.3 Å². The summed E-state index contributed by atoms with van der Waals surface area (Å²) < 4.78 is 5.54. The third-order valence-electron chi connectivity index (χ3n) is 3.92. The summed E-state index contributed by atoms with van der Waals surface area (Å²) >= 11 is 0. The van der Waals surface area contributed by atoms with E-state index >= 15 is 0 Å². The number of nitrogens with one attached hydrogen (secondary N) is 1. The lowest BCUT2D eigenvalue weighted by Crippen LogP contribution is -2.37. The molecule has 5 heteroatoms. The minimum absolute atomic E-state index is 0.00605. The zero-order chi connectivity index (χ0) is 15.9. The molecule has 1 fully saturated rings. The van der Waals surface area contributed by atoms with Gasteiger partial charge in [0.1, 0.15) is 5.75 Å². The Morgan fingerprint density at radius 1 is 1.36 bits per heavy atom. The summed E-state index contributed by atoms with van der Waals surface area (Å²) in [5, 5.41) is 2.93. The molecular weight excluding hydrogens is 280 g/mol. The van der Waals surface area contributed by atoms with Gasteiger partial charge in [-0.05, 0) is 31.4 Å². The van der Waals surface area contributed by atoms with Gasteiger partial charge >= 0.3 is 0 Å². The fraction of sp³-hybridized carbons (Fsp3) is 0.529. The molecule has 0 aliphatic carbocycles. The van der Waals surface area contributed by atoms with Crippen LogP contribution in [0, 0.1) is 0 Å². The zero-order valence-electron chi connectivity index (χ0n) is 13.3. The van der Waals surface area contributed by atoms with E-state index in [1.807, 2.05) is 32.0 Å². The molecule has 2 rings (SSSR count). The number of hydrogen-bond donors (Lipinski definition) is 1. The van der Waals surface area contributed by atoms with Gasteiger partial charge in [0.05, 0.1) is 0 Å². The van der Waals surface area contributed by atoms with E-state index in [1.54, 1.807) is 11.0 Å². The highest BCUT2D eigenvalue weighted by atomic mass is 16.5. The molecule has 0 radical (unpaired) electrons. The van der Waals surface area contributed by atoms with Crippen LogP contribution < -0.4 is 15.0 Å². The maximum absolute atomic E-state index is 11.8. The first-order valence-electron chi connectivity index (χ1n) is 7.96. The summed E-state index contributed by atoms with van der Waals surface area (Å²) in [6.07, 6.45) is 3.31. The minimum Gasteiger partial charge on any atom is -0.484 e. The van der Waals surface area contributed by atoms with Gasteiger partial charge in [0.15, 0.2) is 6.61 Å². The largest absolute Gasteiger partial charge is 0.484 e. The lowest BCUT2D eigenvalue weighted by molar-refractivity contribution is -0.124. The lowest BCUT2D eigenvalue weighted by atomic mass is 10.2. The molecule has 1 aliphatic rings. The van der Waals surface area contributed by atoms with Gasteiger partial charge < -0.3 is 15.0 Å². The molecule has 5 nitrogen and oxygen atoms in total. The third kappa shape index (κ3) is 4.23. The number of carbonyl (C=O) groups excluding carboxylic acids is 2. The van der Waals surface area contributed by atoms with Crippen molar-refractivity contribution >= 4 is 17.5 Å². The van der Waals surface area contributed by atoms with Crippen LogP contribution in [0.1, 0.15) is 39.5 Å². The number of benzene rings is 1. The summed E-state index contributed by atoms with van der Waals surface area (Å²) in [6, 6.07) is 7.54. The Morgan fingerprint density at radius 3 is 2.77 bits per heavy atom. The quantitative estimate of drug-likeness (QED) is 0.842. The molecule has 1 aliphatic heterocycles. The molecule has 1 heterocycles. The molecular formula is C17H24N2O3. The number of hydrogen-bond acceptors (Lipinski definition) is 3. The molecule has 0 unspecified atom stereocenters. The summed E-state index contributed by atoms with van der Waals surface area (Å²) in [5.41, 5.74) is 0.834. The predicted molar refractivity (Wildman–Crippen MR) is 86.0 cm³/mol. The molecule has 1 aromatic rings. The summed E-state index contributed by atoms with van der Waals surface area (Å²) in [6.45, 7) is 4.84. The molecule has 2 amide bonds. The Labute approximate surface area is 131 Å². The Hall–Kier alpha value is -2.04. The van der Waals surface area contributed by atoms with Crippen molar-refractivity contribution in [2.75, 3.05) is 18.1 Å². The maximum atomic E-state index is 11.8. The molecule has 1 saturated heterocycles. The standard InChI is InChI=1S/C17H24N2O3/c1-3-13(4-2)18-16(20)12-22-15-8-5-7-14(11-15)19-10-6-9-17(19)21/h5,7-8,11,13H,3-4,6,9-10,12H2,1-2H3,(H,18,20). The van der Waals surface area contributed by atoms with E-state index in [0.29, 0.717) is 12.2 Å². The van der Waals surface area contributed by atoms with E-state index in [4.69, 9.17) is 4.74 Å². The molecule has 1 aromatic carbocycles. The second-order valence-corrected chi connectivity index (χ2v) is 5.52. The van der Waals surface area contributed by atoms with Crippen molar-refractivity contribution in [3.63, 3.8) is 0 Å². The third-order valence-corrected chi connectivity index (χ3v) is 3.92. The van der Waals surface area contributed by atoms with E-state index in [9.17, 15) is 9.59 Å². The summed E-state index contributed by atoms with van der Waals surface area (Å²) in [5.74, 6) is 0.636. The predicted octanol–water partition coefficient (Wildman–Crippen LogP) is 2.50. The van der Waals surface area contributed by atoms with E-state index in [2.05, 4.69) is 5.32 Å². The van der Waals surface area contributed by atoms with Gasteiger partial charge in [-0.25, -0.2) is 0 Å². The first kappa shape index (κ1) is 16.3. The molecule has 0 spiro atoms. The first-order chi connectivity index (χ1) is 10.6. The summed E-state index contributed by atoms with van der Waals surface area (Å²) in [7, 11) is 0. The van der Waals surface area contributed by atoms with Gasteiger partial charge in [-0.3, -0.25) is 9.59 Å². The van der Waals surface area contributed by atoms with Crippen molar-refractivity contribution in [3.05, 3.63) is 24.3 Å². The minimum atomic E-state index is -0.114. The average Bonchev–Trinajstić information content (AvgIpc) is 2.97. The molecule has 1 N–H and O–H groups in total. The van der Waals surface area contributed by atoms with Crippen LogP contribution in [0.2, 0.25) is 0 Å². The van der Waals surface area contributed by atoms with E-state index in [1.165, 1.54) is 0 Å². The van der Waals surface area contributed by atoms with Gasteiger partial charge in [-0.15, -0.1) is 0 Å². The Morgan fingerprint density at radius 2 is 2.14 bits per heavy atom. The number of rotatable bonds is 7. The number of ether oxygens (including phenoxy) is 1. The molecule has 120 valence electrons. The lowest BCUT2D eigenvalue weighted by Gasteiger charge is -2.17. The van der Waals surface area contributed by atoms with Crippen molar-refractivity contribution in [2.45, 2.75) is 45.6 Å². The van der Waals surface area contributed by atoms with Crippen LogP contribution in [0.3, 0.4) is 0 Å². The Bertz CT molecular complexity index is 526. The van der Waals surface area contributed by atoms with Crippen LogP contribution >= 0.6 is 0 Å². The van der Waals surface area contributed by atoms with E-state index in [0.717, 1.165) is 31.5 Å². The van der Waals surface area contributed by atoms with Crippen LogP contribution in [0.25, 0.3) is 0 Å². The van der Waals surface area contributed by atoms with Crippen molar-refractivity contribution in [1.82, 2.24) is 5.32 Å². The highest BCUT2D eigenvalue weighted by Crippen LogP contribution is 2.25. The zero-order valence-corrected chi connectivity index (χ0v) is 13.3. The van der Waals surface area contributed by atoms with E-state index in [-0.39, 0.29) is 24.5 Å². The Kier molecular flexibility index (Phi) is 5.81. The number of carbonyl (C=O) groups is 2. The maximum Gasteiger partial charge on any atom is 0.258 e. The van der Waals surface area contributed by atoms with Crippen LogP contribution in [0.15, 0.2) is 24.3 Å². The van der Waals surface area contributed by atoms with Gasteiger partial charge in [0.2, 0.25) is 5.91 Å². The normalized spacial score (nSPS) is 14.5. The van der Waals surface area contributed by atoms with Gasteiger partial charge in [0, 0.05) is 30.8 Å². The highest BCUT2D eigenvalue weighted by molar-refractivity contribution is 5.95. The molecule has 0 aromatic heterocycles. The van der Waals surface area contributed by atoms with Gasteiger partial charge in [-0.1, -0.05) is 19.9 Å². The first-order valence-corrected chi connectivity index (χ1v) is 7.96. The molecule has 0 bridgehead atoms. The Balaban J connectivity index is 1.90. The number of amides is 2. The smallest absolute Gasteiger partial charge is 0.258 e. The van der Waals surface area contributed by atoms with Crippen molar-refractivity contribution in [1.29, 1.82) is 0 Å².